The second kappa shape index (κ2) is 13.9. The molecule has 54 heavy (non-hydrogen) atoms. The van der Waals surface area contributed by atoms with Gasteiger partial charge in [-0.1, -0.05) is 41.9 Å². The standard InChI is InChI=1S/C39H39ClF2N8O4/c1-21-24(6-5-9-27(21)44-35-32-23(17-29(45-35)34(41)42)18-43-48(2)37(32)52)25-7-4-8-26(33(25)40)28-16-22-10-11-30(31(22)36(46-28)54-3)49-13-12-39(19-49)20-50(14-15-51)38(53)47-39/h4-9,16-18,30,34,51H,10-15,19-20H2,1-3H3,(H,44,45)(H,47,53). The predicted molar refractivity (Wildman–Crippen MR) is 202 cm³/mol. The summed E-state index contributed by atoms with van der Waals surface area (Å²) in [5, 5.41) is 20.6. The number of rotatable bonds is 9. The van der Waals surface area contributed by atoms with Gasteiger partial charge in [-0.3, -0.25) is 9.69 Å². The molecule has 280 valence electrons. The van der Waals surface area contributed by atoms with Crippen LogP contribution >= 0.6 is 11.6 Å². The number of benzene rings is 2. The average Bonchev–Trinajstić information content (AvgIpc) is 3.86. The fourth-order valence-corrected chi connectivity index (χ4v) is 8.66. The summed E-state index contributed by atoms with van der Waals surface area (Å²) >= 11 is 7.22. The van der Waals surface area contributed by atoms with E-state index in [0.717, 1.165) is 63.9 Å². The van der Waals surface area contributed by atoms with Crippen LogP contribution in [-0.2, 0) is 13.5 Å². The van der Waals surface area contributed by atoms with Crippen LogP contribution in [0.25, 0.3) is 33.2 Å². The lowest BCUT2D eigenvalue weighted by Gasteiger charge is -2.28. The molecule has 5 heterocycles. The van der Waals surface area contributed by atoms with Crippen molar-refractivity contribution in [3.05, 3.63) is 92.5 Å². The number of ether oxygens (including phenoxy) is 1. The molecule has 2 fully saturated rings. The third kappa shape index (κ3) is 6.11. The summed E-state index contributed by atoms with van der Waals surface area (Å²) < 4.78 is 34.8. The number of nitrogens with zero attached hydrogens (tertiary/aromatic N) is 6. The zero-order valence-electron chi connectivity index (χ0n) is 30.0. The first-order chi connectivity index (χ1) is 26.0. The minimum atomic E-state index is -2.84. The van der Waals surface area contributed by atoms with Crippen LogP contribution in [-0.4, -0.2) is 86.1 Å². The highest BCUT2D eigenvalue weighted by molar-refractivity contribution is 6.36. The SMILES string of the molecule is COc1nc(-c2cccc(-c3cccc(Nc4nc(C(F)F)cc5cnn(C)c(=O)c45)c3C)c2Cl)cc2c1C(N1CCC3(CN(CCO)C(=O)N3)C1)CC2. The summed E-state index contributed by atoms with van der Waals surface area (Å²) in [5.41, 5.74) is 5.19. The fourth-order valence-electron chi connectivity index (χ4n) is 8.33. The summed E-state index contributed by atoms with van der Waals surface area (Å²) in [6, 6.07) is 14.5. The third-order valence-electron chi connectivity index (χ3n) is 11.0. The van der Waals surface area contributed by atoms with Gasteiger partial charge in [-0.25, -0.2) is 28.2 Å². The Kier molecular flexibility index (Phi) is 9.23. The number of nitrogens with one attached hydrogen (secondary N) is 2. The Bertz CT molecular complexity index is 2370. The van der Waals surface area contributed by atoms with E-state index in [1.54, 1.807) is 18.1 Å². The van der Waals surface area contributed by atoms with E-state index in [9.17, 15) is 23.5 Å². The van der Waals surface area contributed by atoms with Gasteiger partial charge in [-0.15, -0.1) is 0 Å². The number of aliphatic hydroxyl groups excluding tert-OH is 1. The predicted octanol–water partition coefficient (Wildman–Crippen LogP) is 6.16. The lowest BCUT2D eigenvalue weighted by molar-refractivity contribution is 0.146. The number of aliphatic hydroxyl groups is 1. The highest BCUT2D eigenvalue weighted by Crippen LogP contribution is 2.46. The van der Waals surface area contributed by atoms with Crippen LogP contribution in [0.1, 0.15) is 47.7 Å². The minimum Gasteiger partial charge on any atom is -0.481 e. The maximum absolute atomic E-state index is 13.8. The molecule has 2 atom stereocenters. The van der Waals surface area contributed by atoms with Gasteiger partial charge in [0, 0.05) is 67.0 Å². The molecule has 2 unspecified atom stereocenters. The third-order valence-corrected chi connectivity index (χ3v) is 11.4. The zero-order chi connectivity index (χ0) is 37.9. The number of hydrogen-bond acceptors (Lipinski definition) is 9. The van der Waals surface area contributed by atoms with Crippen LogP contribution in [0.4, 0.5) is 25.1 Å². The second-order valence-corrected chi connectivity index (χ2v) is 14.6. The summed E-state index contributed by atoms with van der Waals surface area (Å²) in [6.45, 7) is 4.23. The molecule has 12 nitrogen and oxygen atoms in total. The number of β-amino-alcohol motifs (C(OH)–C–C–N with tert-alkyl or cyclic N) is 1. The van der Waals surface area contributed by atoms with Gasteiger partial charge < -0.3 is 25.4 Å². The molecule has 2 amide bonds. The number of methoxy groups -OCH3 is 1. The van der Waals surface area contributed by atoms with E-state index in [4.69, 9.17) is 21.3 Å². The Labute approximate surface area is 314 Å². The number of amides is 2. The number of carbonyl (C=O) groups is 1. The number of carbonyl (C=O) groups excluding carboxylic acids is 1. The van der Waals surface area contributed by atoms with E-state index in [1.165, 1.54) is 19.3 Å². The number of halogens is 3. The second-order valence-electron chi connectivity index (χ2n) is 14.2. The first-order valence-electron chi connectivity index (χ1n) is 17.8. The smallest absolute Gasteiger partial charge is 0.318 e. The fraction of sp³-hybridized carbons (Fsp3) is 0.359. The monoisotopic (exact) mass is 756 g/mol. The normalized spacial score (nSPS) is 19.7. The summed E-state index contributed by atoms with van der Waals surface area (Å²) in [4.78, 5) is 38.9. The van der Waals surface area contributed by atoms with Crippen molar-refractivity contribution < 1.29 is 23.4 Å². The van der Waals surface area contributed by atoms with Gasteiger partial charge in [0.25, 0.3) is 12.0 Å². The molecule has 15 heteroatoms. The maximum atomic E-state index is 13.8. The van der Waals surface area contributed by atoms with Gasteiger partial charge in [0.1, 0.15) is 11.5 Å². The van der Waals surface area contributed by atoms with Crippen molar-refractivity contribution in [1.29, 1.82) is 0 Å². The number of aromatic nitrogens is 4. The van der Waals surface area contributed by atoms with Crippen LogP contribution in [0.15, 0.2) is 59.5 Å². The lowest BCUT2D eigenvalue weighted by Crippen LogP contribution is -2.46. The molecular formula is C39H39ClF2N8O4. The first-order valence-corrected chi connectivity index (χ1v) is 18.2. The molecule has 0 saturated carbocycles. The van der Waals surface area contributed by atoms with Crippen molar-refractivity contribution in [3.8, 4) is 28.3 Å². The van der Waals surface area contributed by atoms with Crippen molar-refractivity contribution >= 4 is 39.9 Å². The average molecular weight is 757 g/mol. The molecule has 5 aromatic rings. The Balaban J connectivity index is 1.11. The van der Waals surface area contributed by atoms with Crippen LogP contribution in [0.5, 0.6) is 5.88 Å². The molecule has 2 aliphatic heterocycles. The molecular weight excluding hydrogens is 718 g/mol. The quantitative estimate of drug-likeness (QED) is 0.162. The number of anilines is 2. The van der Waals surface area contributed by atoms with Crippen molar-refractivity contribution in [1.82, 2.24) is 34.9 Å². The number of hydrogen-bond donors (Lipinski definition) is 3. The van der Waals surface area contributed by atoms with Crippen molar-refractivity contribution in [2.75, 3.05) is 45.2 Å². The van der Waals surface area contributed by atoms with Crippen molar-refractivity contribution in [2.24, 2.45) is 7.05 Å². The highest BCUT2D eigenvalue weighted by atomic mass is 35.5. The maximum Gasteiger partial charge on any atom is 0.318 e. The van der Waals surface area contributed by atoms with E-state index < -0.39 is 17.7 Å². The van der Waals surface area contributed by atoms with Gasteiger partial charge in [0.2, 0.25) is 5.88 Å². The van der Waals surface area contributed by atoms with Crippen molar-refractivity contribution in [2.45, 2.75) is 44.2 Å². The molecule has 2 aromatic carbocycles. The van der Waals surface area contributed by atoms with E-state index in [1.807, 2.05) is 37.3 Å². The van der Waals surface area contributed by atoms with E-state index in [0.29, 0.717) is 41.9 Å². The Morgan fingerprint density at radius 3 is 2.67 bits per heavy atom. The Morgan fingerprint density at radius 2 is 1.89 bits per heavy atom. The van der Waals surface area contributed by atoms with E-state index in [2.05, 4.69) is 31.7 Å². The van der Waals surface area contributed by atoms with Gasteiger partial charge >= 0.3 is 6.03 Å². The molecule has 3 aliphatic rings. The molecule has 1 aliphatic carbocycles. The lowest BCUT2D eigenvalue weighted by atomic mass is 9.96. The number of aryl methyl sites for hydroxylation is 2. The van der Waals surface area contributed by atoms with E-state index >= 15 is 0 Å². The number of urea groups is 1. The largest absolute Gasteiger partial charge is 0.481 e. The molecule has 1 spiro atoms. The van der Waals surface area contributed by atoms with Crippen LogP contribution < -0.4 is 20.9 Å². The van der Waals surface area contributed by atoms with Crippen molar-refractivity contribution in [3.63, 3.8) is 0 Å². The number of likely N-dealkylation sites (tertiary alicyclic amines) is 1. The first kappa shape index (κ1) is 35.8. The summed E-state index contributed by atoms with van der Waals surface area (Å²) in [7, 11) is 3.12. The van der Waals surface area contributed by atoms with Gasteiger partial charge in [0.05, 0.1) is 41.6 Å². The summed E-state index contributed by atoms with van der Waals surface area (Å²) in [6.07, 6.45) is 1.07. The topological polar surface area (TPSA) is 138 Å². The van der Waals surface area contributed by atoms with Gasteiger partial charge in [0.15, 0.2) is 0 Å². The zero-order valence-corrected chi connectivity index (χ0v) is 30.8. The number of pyridine rings is 2. The molecule has 3 aromatic heterocycles. The number of fused-ring (bicyclic) bond motifs is 2. The molecule has 8 rings (SSSR count). The van der Waals surface area contributed by atoms with E-state index in [-0.39, 0.29) is 40.8 Å². The highest BCUT2D eigenvalue weighted by Gasteiger charge is 2.49. The Morgan fingerprint density at radius 1 is 1.11 bits per heavy atom. The molecule has 0 radical (unpaired) electrons. The van der Waals surface area contributed by atoms with Crippen LogP contribution in [0.3, 0.4) is 0 Å². The van der Waals surface area contributed by atoms with Crippen LogP contribution in [0.2, 0.25) is 5.02 Å². The number of alkyl halides is 2. The molecule has 0 bridgehead atoms. The van der Waals surface area contributed by atoms with Gasteiger partial charge in [-0.2, -0.15) is 5.10 Å². The minimum absolute atomic E-state index is 0.0133. The Hall–Kier alpha value is -5.18. The van der Waals surface area contributed by atoms with Gasteiger partial charge in [-0.05, 0) is 61.1 Å². The molecule has 3 N–H and O–H groups in total. The van der Waals surface area contributed by atoms with Crippen LogP contribution in [0, 0.1) is 6.92 Å². The summed E-state index contributed by atoms with van der Waals surface area (Å²) in [5.74, 6) is 0.554. The molecule has 2 saturated heterocycles.